The van der Waals surface area contributed by atoms with E-state index in [4.69, 9.17) is 0 Å². The molecular weight excluding hydrogens is 220 g/mol. The summed E-state index contributed by atoms with van der Waals surface area (Å²) in [7, 11) is 1.99. The van der Waals surface area contributed by atoms with Crippen molar-refractivity contribution < 1.29 is 0 Å². The molecule has 0 unspecified atom stereocenters. The number of nitrogens with zero attached hydrogens (tertiary/aromatic N) is 1. The van der Waals surface area contributed by atoms with Crippen LogP contribution in [0.4, 0.5) is 0 Å². The molecule has 0 atom stereocenters. The number of fused-ring (bicyclic) bond motifs is 1. The molecule has 0 fully saturated rings. The number of aromatic nitrogens is 1. The number of hydrogen-bond acceptors (Lipinski definition) is 2. The van der Waals surface area contributed by atoms with Gasteiger partial charge in [-0.25, -0.2) is 0 Å². The van der Waals surface area contributed by atoms with Crippen molar-refractivity contribution in [1.82, 2.24) is 10.3 Å². The highest BCUT2D eigenvalue weighted by molar-refractivity contribution is 5.81. The van der Waals surface area contributed by atoms with E-state index in [9.17, 15) is 0 Å². The van der Waals surface area contributed by atoms with Crippen LogP contribution in [0.2, 0.25) is 0 Å². The molecule has 0 aliphatic rings. The van der Waals surface area contributed by atoms with Gasteiger partial charge < -0.3 is 5.32 Å². The topological polar surface area (TPSA) is 24.9 Å². The second-order valence-corrected chi connectivity index (χ2v) is 4.86. The molecule has 0 spiro atoms. The van der Waals surface area contributed by atoms with Gasteiger partial charge in [0.05, 0.1) is 5.52 Å². The summed E-state index contributed by atoms with van der Waals surface area (Å²) in [5.41, 5.74) is 3.71. The molecule has 2 rings (SSSR count). The lowest BCUT2D eigenvalue weighted by atomic mass is 9.99. The average Bonchev–Trinajstić information content (AvgIpc) is 2.38. The van der Waals surface area contributed by atoms with Crippen molar-refractivity contribution in [3.63, 3.8) is 0 Å². The molecule has 1 heterocycles. The van der Waals surface area contributed by atoms with Crippen molar-refractivity contribution in [2.24, 2.45) is 5.92 Å². The average molecular weight is 240 g/mol. The first-order chi connectivity index (χ1) is 8.70. The fourth-order valence-electron chi connectivity index (χ4n) is 2.02. The molecule has 0 bridgehead atoms. The molecule has 18 heavy (non-hydrogen) atoms. The van der Waals surface area contributed by atoms with Crippen LogP contribution in [-0.2, 0) is 0 Å². The molecule has 0 saturated heterocycles. The van der Waals surface area contributed by atoms with Crippen molar-refractivity contribution in [3.8, 4) is 0 Å². The van der Waals surface area contributed by atoms with Crippen LogP contribution >= 0.6 is 0 Å². The Balaban J connectivity index is 2.38. The summed E-state index contributed by atoms with van der Waals surface area (Å²) in [5.74, 6) is 0.557. The molecule has 1 aromatic heterocycles. The molecule has 1 aromatic carbocycles. The highest BCUT2D eigenvalue weighted by atomic mass is 14.8. The molecule has 0 amide bonds. The maximum absolute atomic E-state index is 4.34. The van der Waals surface area contributed by atoms with E-state index in [1.165, 1.54) is 16.5 Å². The molecule has 0 saturated carbocycles. The minimum atomic E-state index is 0.557. The third-order valence-corrected chi connectivity index (χ3v) is 3.10. The van der Waals surface area contributed by atoms with Crippen LogP contribution < -0.4 is 5.32 Å². The maximum Gasteiger partial charge on any atom is 0.0702 e. The molecule has 2 heteroatoms. The van der Waals surface area contributed by atoms with Crippen LogP contribution in [0.1, 0.15) is 19.4 Å². The van der Waals surface area contributed by atoms with E-state index in [2.05, 4.69) is 54.5 Å². The minimum Gasteiger partial charge on any atom is -0.316 e. The van der Waals surface area contributed by atoms with Crippen molar-refractivity contribution in [3.05, 3.63) is 47.7 Å². The van der Waals surface area contributed by atoms with E-state index in [0.717, 1.165) is 12.1 Å². The fourth-order valence-corrected chi connectivity index (χ4v) is 2.02. The standard InChI is InChI=1S/C16H20N2/c1-12(2)15(11-17-3)10-13-6-7-16-14(9-13)5-4-8-18-16/h4-10,12,17H,11H2,1-3H3. The largest absolute Gasteiger partial charge is 0.316 e. The first-order valence-electron chi connectivity index (χ1n) is 6.40. The van der Waals surface area contributed by atoms with Gasteiger partial charge in [-0.1, -0.05) is 37.6 Å². The van der Waals surface area contributed by atoms with Crippen LogP contribution in [0.3, 0.4) is 0 Å². The predicted octanol–water partition coefficient (Wildman–Crippen LogP) is 3.49. The predicted molar refractivity (Wildman–Crippen MR) is 78.5 cm³/mol. The Kier molecular flexibility index (Phi) is 4.11. The summed E-state index contributed by atoms with van der Waals surface area (Å²) in [6.45, 7) is 5.39. The number of rotatable bonds is 4. The molecule has 0 radical (unpaired) electrons. The number of likely N-dealkylation sites (N-methyl/N-ethyl adjacent to an activating group) is 1. The Hall–Kier alpha value is -1.67. The Morgan fingerprint density at radius 3 is 2.89 bits per heavy atom. The van der Waals surface area contributed by atoms with E-state index < -0.39 is 0 Å². The zero-order valence-electron chi connectivity index (χ0n) is 11.3. The van der Waals surface area contributed by atoms with Gasteiger partial charge in [0.2, 0.25) is 0 Å². The summed E-state index contributed by atoms with van der Waals surface area (Å²) >= 11 is 0. The Labute approximate surface area is 109 Å². The Morgan fingerprint density at radius 2 is 2.17 bits per heavy atom. The lowest BCUT2D eigenvalue weighted by molar-refractivity contribution is 0.713. The SMILES string of the molecule is CNCC(=Cc1ccc2ncccc2c1)C(C)C. The summed E-state index contributed by atoms with van der Waals surface area (Å²) in [5, 5.41) is 4.42. The van der Waals surface area contributed by atoms with Gasteiger partial charge in [-0.2, -0.15) is 0 Å². The van der Waals surface area contributed by atoms with Crippen molar-refractivity contribution in [2.75, 3.05) is 13.6 Å². The van der Waals surface area contributed by atoms with E-state index in [1.54, 1.807) is 0 Å². The van der Waals surface area contributed by atoms with Crippen LogP contribution in [0, 0.1) is 5.92 Å². The number of nitrogens with one attached hydrogen (secondary N) is 1. The molecule has 0 aliphatic carbocycles. The van der Waals surface area contributed by atoms with E-state index in [-0.39, 0.29) is 0 Å². The maximum atomic E-state index is 4.34. The van der Waals surface area contributed by atoms with Crippen LogP contribution in [0.25, 0.3) is 17.0 Å². The van der Waals surface area contributed by atoms with Gasteiger partial charge >= 0.3 is 0 Å². The van der Waals surface area contributed by atoms with Crippen LogP contribution in [0.15, 0.2) is 42.1 Å². The van der Waals surface area contributed by atoms with Crippen LogP contribution in [-0.4, -0.2) is 18.6 Å². The summed E-state index contributed by atoms with van der Waals surface area (Å²) < 4.78 is 0. The van der Waals surface area contributed by atoms with Gasteiger partial charge in [-0.3, -0.25) is 4.98 Å². The summed E-state index contributed by atoms with van der Waals surface area (Å²) in [6.07, 6.45) is 4.10. The molecule has 0 aliphatic heterocycles. The van der Waals surface area contributed by atoms with Gasteiger partial charge in [-0.15, -0.1) is 0 Å². The Bertz CT molecular complexity index is 556. The van der Waals surface area contributed by atoms with Gasteiger partial charge in [0.15, 0.2) is 0 Å². The quantitative estimate of drug-likeness (QED) is 0.884. The smallest absolute Gasteiger partial charge is 0.0702 e. The number of benzene rings is 1. The molecule has 94 valence electrons. The minimum absolute atomic E-state index is 0.557. The number of pyridine rings is 1. The van der Waals surface area contributed by atoms with Gasteiger partial charge in [0, 0.05) is 18.1 Å². The van der Waals surface area contributed by atoms with Crippen molar-refractivity contribution >= 4 is 17.0 Å². The normalized spacial score (nSPS) is 12.3. The zero-order valence-corrected chi connectivity index (χ0v) is 11.3. The Morgan fingerprint density at radius 1 is 1.33 bits per heavy atom. The number of hydrogen-bond donors (Lipinski definition) is 1. The van der Waals surface area contributed by atoms with E-state index in [1.807, 2.05) is 19.3 Å². The molecular formula is C16H20N2. The zero-order chi connectivity index (χ0) is 13.0. The summed E-state index contributed by atoms with van der Waals surface area (Å²) in [6, 6.07) is 10.5. The highest BCUT2D eigenvalue weighted by Crippen LogP contribution is 2.18. The fraction of sp³-hybridized carbons (Fsp3) is 0.312. The molecule has 1 N–H and O–H groups in total. The second-order valence-electron chi connectivity index (χ2n) is 4.86. The van der Waals surface area contributed by atoms with E-state index >= 15 is 0 Å². The third-order valence-electron chi connectivity index (χ3n) is 3.10. The lowest BCUT2D eigenvalue weighted by Crippen LogP contribution is -2.13. The molecule has 2 aromatic rings. The summed E-state index contributed by atoms with van der Waals surface area (Å²) in [4.78, 5) is 4.34. The molecule has 2 nitrogen and oxygen atoms in total. The third kappa shape index (κ3) is 2.96. The monoisotopic (exact) mass is 240 g/mol. The van der Waals surface area contributed by atoms with Gasteiger partial charge in [-0.05, 0) is 36.7 Å². The van der Waals surface area contributed by atoms with Crippen molar-refractivity contribution in [2.45, 2.75) is 13.8 Å². The van der Waals surface area contributed by atoms with Crippen molar-refractivity contribution in [1.29, 1.82) is 0 Å². The van der Waals surface area contributed by atoms with E-state index in [0.29, 0.717) is 5.92 Å². The van der Waals surface area contributed by atoms with Gasteiger partial charge in [0.25, 0.3) is 0 Å². The first-order valence-corrected chi connectivity index (χ1v) is 6.40. The first kappa shape index (κ1) is 12.8. The highest BCUT2D eigenvalue weighted by Gasteiger charge is 2.03. The second kappa shape index (κ2) is 5.78. The van der Waals surface area contributed by atoms with Crippen LogP contribution in [0.5, 0.6) is 0 Å². The lowest BCUT2D eigenvalue weighted by Gasteiger charge is -2.11. The van der Waals surface area contributed by atoms with Gasteiger partial charge in [0.1, 0.15) is 0 Å².